The molecule has 0 aromatic heterocycles. The van der Waals surface area contributed by atoms with E-state index >= 15 is 0 Å². The third-order valence-electron chi connectivity index (χ3n) is 6.44. The molecule has 2 aliphatic rings. The third kappa shape index (κ3) is 4.24. The average Bonchev–Trinajstić information content (AvgIpc) is 3.06. The summed E-state index contributed by atoms with van der Waals surface area (Å²) in [6, 6.07) is 10.3. The fraction of sp³-hybridized carbons (Fsp3) is 0.348. The monoisotopic (exact) mass is 466 g/mol. The lowest BCUT2D eigenvalue weighted by molar-refractivity contribution is -0.385. The molecule has 11 heteroatoms. The molecule has 3 atom stereocenters. The van der Waals surface area contributed by atoms with Crippen LogP contribution in [0.3, 0.4) is 0 Å². The lowest BCUT2D eigenvalue weighted by Crippen LogP contribution is -2.49. The highest BCUT2D eigenvalue weighted by Gasteiger charge is 2.52. The molecule has 1 saturated carbocycles. The molecule has 0 N–H and O–H groups in total. The molecule has 1 heterocycles. The molecule has 2 aromatic rings. The number of benzene rings is 2. The first-order valence-electron chi connectivity index (χ1n) is 10.8. The van der Waals surface area contributed by atoms with Gasteiger partial charge in [-0.15, -0.1) is 0 Å². The van der Waals surface area contributed by atoms with E-state index in [2.05, 4.69) is 0 Å². The van der Waals surface area contributed by atoms with Gasteiger partial charge < -0.3 is 0 Å². The van der Waals surface area contributed by atoms with E-state index < -0.39 is 39.4 Å². The third-order valence-corrected chi connectivity index (χ3v) is 6.44. The number of fused-ring (bicyclic) bond motifs is 1. The van der Waals surface area contributed by atoms with Crippen LogP contribution in [0.1, 0.15) is 42.1 Å². The number of nitro benzene ring substituents is 2. The van der Waals surface area contributed by atoms with Crippen molar-refractivity contribution >= 4 is 29.1 Å². The zero-order valence-electron chi connectivity index (χ0n) is 18.3. The minimum atomic E-state index is -0.679. The van der Waals surface area contributed by atoms with Crippen LogP contribution < -0.4 is 0 Å². The van der Waals surface area contributed by atoms with Crippen LogP contribution in [0.4, 0.5) is 11.4 Å². The Kier molecular flexibility index (Phi) is 6.10. The maximum absolute atomic E-state index is 13.5. The summed E-state index contributed by atoms with van der Waals surface area (Å²) in [5.74, 6) is -2.28. The highest BCUT2D eigenvalue weighted by molar-refractivity contribution is 6.07. The Morgan fingerprint density at radius 2 is 1.44 bits per heavy atom. The van der Waals surface area contributed by atoms with Crippen LogP contribution in [0, 0.1) is 38.0 Å². The zero-order chi connectivity index (χ0) is 24.6. The Labute approximate surface area is 194 Å². The molecule has 2 aromatic carbocycles. The first-order chi connectivity index (χ1) is 16.2. The summed E-state index contributed by atoms with van der Waals surface area (Å²) >= 11 is 0. The van der Waals surface area contributed by atoms with E-state index in [4.69, 9.17) is 0 Å². The highest BCUT2D eigenvalue weighted by Crippen LogP contribution is 2.41. The molecule has 1 aliphatic carbocycles. The molecule has 1 saturated heterocycles. The maximum atomic E-state index is 13.5. The average molecular weight is 466 g/mol. The lowest BCUT2D eigenvalue weighted by Gasteiger charge is -2.30. The van der Waals surface area contributed by atoms with Gasteiger partial charge in [0.25, 0.3) is 29.1 Å². The number of nitro groups is 2. The van der Waals surface area contributed by atoms with Gasteiger partial charge >= 0.3 is 0 Å². The second-order valence-electron chi connectivity index (χ2n) is 8.71. The molecule has 3 amide bonds. The Morgan fingerprint density at radius 1 is 0.912 bits per heavy atom. The zero-order valence-corrected chi connectivity index (χ0v) is 18.3. The number of hydrazine groups is 1. The van der Waals surface area contributed by atoms with Gasteiger partial charge in [-0.1, -0.05) is 19.1 Å². The van der Waals surface area contributed by atoms with Crippen molar-refractivity contribution in [1.82, 2.24) is 10.0 Å². The van der Waals surface area contributed by atoms with E-state index in [-0.39, 0.29) is 29.4 Å². The van der Waals surface area contributed by atoms with Crippen molar-refractivity contribution in [3.05, 3.63) is 79.9 Å². The van der Waals surface area contributed by atoms with Gasteiger partial charge in [0, 0.05) is 29.8 Å². The van der Waals surface area contributed by atoms with Gasteiger partial charge in [0.15, 0.2) is 0 Å². The van der Waals surface area contributed by atoms with Crippen LogP contribution in [-0.2, 0) is 16.1 Å². The predicted octanol–water partition coefficient (Wildman–Crippen LogP) is 3.48. The molecule has 11 nitrogen and oxygen atoms in total. The largest absolute Gasteiger partial charge is 0.273 e. The number of carbonyl (C=O) groups is 3. The van der Waals surface area contributed by atoms with E-state index in [0.29, 0.717) is 18.4 Å². The number of non-ortho nitro benzene ring substituents is 2. The number of amides is 3. The number of rotatable bonds is 6. The van der Waals surface area contributed by atoms with E-state index in [0.717, 1.165) is 16.4 Å². The molecule has 4 rings (SSSR count). The Bertz CT molecular complexity index is 1160. The van der Waals surface area contributed by atoms with Gasteiger partial charge in [0.2, 0.25) is 0 Å². The standard InChI is InChI=1S/C23H22N4O7/c1-14-2-11-19-20(12-14)23(30)25(22(19)29)24(13-15-3-7-17(8-4-15)26(31)32)21(28)16-5-9-18(10-6-16)27(33)34/h3-10,14,19-20H,2,11-13H2,1H3/t14-,19-,20+/m1/s1. The van der Waals surface area contributed by atoms with Crippen molar-refractivity contribution in [2.45, 2.75) is 32.7 Å². The molecule has 34 heavy (non-hydrogen) atoms. The predicted molar refractivity (Wildman–Crippen MR) is 118 cm³/mol. The van der Waals surface area contributed by atoms with E-state index in [9.17, 15) is 34.6 Å². The second kappa shape index (κ2) is 9.00. The van der Waals surface area contributed by atoms with Crippen molar-refractivity contribution < 1.29 is 24.2 Å². The van der Waals surface area contributed by atoms with Crippen LogP contribution >= 0.6 is 0 Å². The van der Waals surface area contributed by atoms with Crippen LogP contribution in [-0.4, -0.2) is 37.6 Å². The Hall–Kier alpha value is -4.15. The molecule has 176 valence electrons. The number of hydrogen-bond acceptors (Lipinski definition) is 7. The molecule has 0 radical (unpaired) electrons. The summed E-state index contributed by atoms with van der Waals surface area (Å²) in [6.45, 7) is 1.84. The molecule has 2 fully saturated rings. The Morgan fingerprint density at radius 3 is 2.00 bits per heavy atom. The topological polar surface area (TPSA) is 144 Å². The quantitative estimate of drug-likeness (QED) is 0.360. The fourth-order valence-corrected chi connectivity index (χ4v) is 4.61. The summed E-state index contributed by atoms with van der Waals surface area (Å²) in [4.78, 5) is 60.8. The maximum Gasteiger partial charge on any atom is 0.273 e. The Balaban J connectivity index is 1.69. The van der Waals surface area contributed by atoms with Gasteiger partial charge in [-0.2, -0.15) is 5.01 Å². The summed E-state index contributed by atoms with van der Waals surface area (Å²) in [7, 11) is 0. The smallest absolute Gasteiger partial charge is 0.272 e. The lowest BCUT2D eigenvalue weighted by atomic mass is 9.76. The van der Waals surface area contributed by atoms with Crippen LogP contribution in [0.25, 0.3) is 0 Å². The number of hydrogen-bond donors (Lipinski definition) is 0. The molecular weight excluding hydrogens is 444 g/mol. The number of imide groups is 1. The molecular formula is C23H22N4O7. The summed E-state index contributed by atoms with van der Waals surface area (Å²) < 4.78 is 0. The van der Waals surface area contributed by atoms with E-state index in [1.54, 1.807) is 0 Å². The summed E-state index contributed by atoms with van der Waals surface area (Å²) in [6.07, 6.45) is 1.93. The van der Waals surface area contributed by atoms with Gasteiger partial charge in [-0.05, 0) is 42.9 Å². The molecule has 0 unspecified atom stereocenters. The van der Waals surface area contributed by atoms with Gasteiger partial charge in [0.05, 0.1) is 28.2 Å². The van der Waals surface area contributed by atoms with Crippen molar-refractivity contribution in [3.63, 3.8) is 0 Å². The minimum absolute atomic E-state index is 0.0661. The van der Waals surface area contributed by atoms with Gasteiger partial charge in [-0.3, -0.25) is 34.6 Å². The highest BCUT2D eigenvalue weighted by atomic mass is 16.6. The minimum Gasteiger partial charge on any atom is -0.272 e. The van der Waals surface area contributed by atoms with Gasteiger partial charge in [-0.25, -0.2) is 5.01 Å². The van der Waals surface area contributed by atoms with Crippen molar-refractivity contribution in [2.24, 2.45) is 17.8 Å². The van der Waals surface area contributed by atoms with Crippen molar-refractivity contribution in [2.75, 3.05) is 0 Å². The fourth-order valence-electron chi connectivity index (χ4n) is 4.61. The number of nitrogens with zero attached hydrogens (tertiary/aromatic N) is 4. The molecule has 0 bridgehead atoms. The van der Waals surface area contributed by atoms with Crippen LogP contribution in [0.15, 0.2) is 48.5 Å². The van der Waals surface area contributed by atoms with E-state index in [1.165, 1.54) is 48.5 Å². The van der Waals surface area contributed by atoms with Gasteiger partial charge in [0.1, 0.15) is 0 Å². The van der Waals surface area contributed by atoms with Crippen LogP contribution in [0.5, 0.6) is 0 Å². The van der Waals surface area contributed by atoms with Crippen molar-refractivity contribution in [3.8, 4) is 0 Å². The first kappa shape index (κ1) is 23.0. The first-order valence-corrected chi connectivity index (χ1v) is 10.8. The normalized spacial score (nSPS) is 21.8. The van der Waals surface area contributed by atoms with E-state index in [1.807, 2.05) is 6.92 Å². The van der Waals surface area contributed by atoms with Crippen molar-refractivity contribution in [1.29, 1.82) is 0 Å². The number of carbonyl (C=O) groups excluding carboxylic acids is 3. The SMILES string of the molecule is C[C@@H]1CC[C@H]2C(=O)N(N(Cc3ccc([N+](=O)[O-])cc3)C(=O)c3ccc([N+](=O)[O-])cc3)C(=O)[C@H]2C1. The summed E-state index contributed by atoms with van der Waals surface area (Å²) in [5.41, 5.74) is 0.207. The summed E-state index contributed by atoms with van der Waals surface area (Å²) in [5, 5.41) is 23.9. The molecule has 0 spiro atoms. The molecule has 1 aliphatic heterocycles. The van der Waals surface area contributed by atoms with Crippen LogP contribution in [0.2, 0.25) is 0 Å². The second-order valence-corrected chi connectivity index (χ2v) is 8.71.